The van der Waals surface area contributed by atoms with E-state index in [1.54, 1.807) is 0 Å². The molecule has 0 aromatic heterocycles. The second-order valence-electron chi connectivity index (χ2n) is 10.8. The van der Waals surface area contributed by atoms with Gasteiger partial charge in [-0.25, -0.2) is 4.99 Å². The maximum Gasteiger partial charge on any atom is 0.247 e. The molecule has 10 atom stereocenters. The fourth-order valence-electron chi connectivity index (χ4n) is 5.04. The van der Waals surface area contributed by atoms with E-state index in [0.29, 0.717) is 32.4 Å². The second-order valence-corrected chi connectivity index (χ2v) is 10.8. The van der Waals surface area contributed by atoms with Crippen molar-refractivity contribution in [3.05, 3.63) is 0 Å². The second kappa shape index (κ2) is 15.5. The molecule has 17 heteroatoms. The minimum Gasteiger partial charge on any atom is -0.394 e. The van der Waals surface area contributed by atoms with Gasteiger partial charge in [0.2, 0.25) is 17.7 Å². The highest BCUT2D eigenvalue weighted by molar-refractivity contribution is 5.92. The molecule has 3 aliphatic heterocycles. The van der Waals surface area contributed by atoms with Crippen molar-refractivity contribution in [2.75, 3.05) is 26.2 Å². The van der Waals surface area contributed by atoms with E-state index < -0.39 is 67.3 Å². The van der Waals surface area contributed by atoms with Gasteiger partial charge in [-0.15, -0.1) is 0 Å². The van der Waals surface area contributed by atoms with Crippen LogP contribution in [0.15, 0.2) is 4.99 Å². The number of piperidine rings is 1. The summed E-state index contributed by atoms with van der Waals surface area (Å²) >= 11 is 0. The Morgan fingerprint density at radius 3 is 2.41 bits per heavy atom. The largest absolute Gasteiger partial charge is 0.394 e. The summed E-state index contributed by atoms with van der Waals surface area (Å²) in [6, 6.07) is -3.55. The smallest absolute Gasteiger partial charge is 0.247 e. The summed E-state index contributed by atoms with van der Waals surface area (Å²) in [6.07, 6.45) is -3.77. The van der Waals surface area contributed by atoms with Gasteiger partial charge in [0.1, 0.15) is 24.4 Å². The van der Waals surface area contributed by atoms with Gasteiger partial charge >= 0.3 is 0 Å². The molecule has 41 heavy (non-hydrogen) atoms. The number of fused-ring (bicyclic) bond motifs is 1. The standard InChI is InChI=1S/C24H45N9O8/c25-5-1-3-11(26)7-15(36)28-6-2-4-12(27)8-16(37)30-19-21(39)20(38)14(10-34)41-23(19)33-24-31-17-13(35)9-29-22(40)18(17)32-24/h11-14,17-21,23,34-35,38-39H,1-10,25-27H2,(H,28,36)(H,29,40)(H,30,37)(H2,31,32,33)/t11?,12?,13-,14-,17+,18-,19-,20+,21+,23-/m1/s1. The summed E-state index contributed by atoms with van der Waals surface area (Å²) in [7, 11) is 0. The quantitative estimate of drug-likeness (QED) is 0.0843. The molecule has 3 amide bonds. The highest BCUT2D eigenvalue weighted by atomic mass is 16.5. The van der Waals surface area contributed by atoms with Crippen LogP contribution in [0.25, 0.3) is 0 Å². The molecule has 0 aliphatic carbocycles. The van der Waals surface area contributed by atoms with Gasteiger partial charge in [-0.1, -0.05) is 0 Å². The van der Waals surface area contributed by atoms with Gasteiger partial charge in [0, 0.05) is 38.0 Å². The lowest BCUT2D eigenvalue weighted by Gasteiger charge is -2.43. The molecule has 3 aliphatic rings. The van der Waals surface area contributed by atoms with E-state index in [-0.39, 0.29) is 43.2 Å². The minimum absolute atomic E-state index is 0.0575. The third-order valence-electron chi connectivity index (χ3n) is 7.36. The Labute approximate surface area is 238 Å². The predicted molar refractivity (Wildman–Crippen MR) is 146 cm³/mol. The molecule has 2 fully saturated rings. The van der Waals surface area contributed by atoms with E-state index >= 15 is 0 Å². The molecule has 0 bridgehead atoms. The zero-order valence-corrected chi connectivity index (χ0v) is 22.9. The molecule has 0 aromatic rings. The summed E-state index contributed by atoms with van der Waals surface area (Å²) in [6.45, 7) is 0.344. The number of rotatable bonds is 14. The number of β-amino-alcohol motifs (C(OH)–C–C–N with tert-alkyl or cyclic N) is 1. The number of aliphatic hydroxyl groups is 4. The Kier molecular flexibility index (Phi) is 12.5. The molecule has 0 radical (unpaired) electrons. The fraction of sp³-hybridized carbons (Fsp3) is 0.833. The van der Waals surface area contributed by atoms with Crippen LogP contribution in [0.2, 0.25) is 0 Å². The Hall–Kier alpha value is -2.64. The first-order valence-corrected chi connectivity index (χ1v) is 14.0. The van der Waals surface area contributed by atoms with Crippen molar-refractivity contribution in [2.24, 2.45) is 22.2 Å². The first-order valence-electron chi connectivity index (χ1n) is 14.0. The van der Waals surface area contributed by atoms with Crippen molar-refractivity contribution in [3.63, 3.8) is 0 Å². The van der Waals surface area contributed by atoms with Crippen molar-refractivity contribution < 1.29 is 39.5 Å². The number of ether oxygens (including phenoxy) is 1. The summed E-state index contributed by atoms with van der Waals surface area (Å²) in [5.74, 6) is -0.977. The molecule has 0 saturated carbocycles. The number of carbonyl (C=O) groups excluding carboxylic acids is 3. The third kappa shape index (κ3) is 9.17. The van der Waals surface area contributed by atoms with E-state index in [4.69, 9.17) is 21.9 Å². The van der Waals surface area contributed by atoms with Crippen LogP contribution in [0, 0.1) is 0 Å². The van der Waals surface area contributed by atoms with E-state index in [2.05, 4.69) is 31.6 Å². The molecular formula is C24H45N9O8. The van der Waals surface area contributed by atoms with Crippen LogP contribution in [0.5, 0.6) is 0 Å². The van der Waals surface area contributed by atoms with Crippen molar-refractivity contribution in [1.82, 2.24) is 26.6 Å². The van der Waals surface area contributed by atoms with Crippen LogP contribution in [-0.4, -0.2) is 131 Å². The van der Waals surface area contributed by atoms with Gasteiger partial charge in [-0.2, -0.15) is 0 Å². The number of hydrogen-bond acceptors (Lipinski definition) is 14. The molecule has 15 N–H and O–H groups in total. The van der Waals surface area contributed by atoms with Crippen LogP contribution in [0.1, 0.15) is 38.5 Å². The average molecular weight is 588 g/mol. The van der Waals surface area contributed by atoms with Crippen molar-refractivity contribution >= 4 is 23.7 Å². The van der Waals surface area contributed by atoms with Crippen LogP contribution in [0.3, 0.4) is 0 Å². The monoisotopic (exact) mass is 587 g/mol. The SMILES string of the molecule is NCCCC(N)CC(=O)NCCCC(N)CC(=O)N[C@@H]1[C@H](O)[C@@H](O)[C@@H](CO)O[C@H]1NC1=N[C@H]2C(=O)NC[C@@H](O)[C@@H]2N1. The molecule has 3 heterocycles. The Bertz CT molecular complexity index is 928. The molecule has 0 aromatic carbocycles. The fourth-order valence-corrected chi connectivity index (χ4v) is 5.04. The van der Waals surface area contributed by atoms with Crippen LogP contribution < -0.4 is 43.8 Å². The highest BCUT2D eigenvalue weighted by Gasteiger charge is 2.47. The summed E-state index contributed by atoms with van der Waals surface area (Å²) in [5.41, 5.74) is 17.5. The minimum atomic E-state index is -1.52. The lowest BCUT2D eigenvalue weighted by Crippen LogP contribution is -2.69. The molecule has 3 rings (SSSR count). The van der Waals surface area contributed by atoms with Gasteiger partial charge in [0.25, 0.3) is 0 Å². The molecule has 2 saturated heterocycles. The van der Waals surface area contributed by atoms with Gasteiger partial charge in [-0.3, -0.25) is 14.4 Å². The van der Waals surface area contributed by atoms with E-state index in [1.165, 1.54) is 0 Å². The Balaban J connectivity index is 1.49. The number of amides is 3. The van der Waals surface area contributed by atoms with E-state index in [1.807, 2.05) is 0 Å². The van der Waals surface area contributed by atoms with Crippen molar-refractivity contribution in [2.45, 2.75) is 99.4 Å². The maximum absolute atomic E-state index is 12.8. The number of carbonyl (C=O) groups is 3. The number of guanidine groups is 1. The lowest BCUT2D eigenvalue weighted by molar-refractivity contribution is -0.198. The predicted octanol–water partition coefficient (Wildman–Crippen LogP) is -6.24. The Morgan fingerprint density at radius 1 is 1.07 bits per heavy atom. The average Bonchev–Trinajstić information content (AvgIpc) is 3.36. The molecule has 17 nitrogen and oxygen atoms in total. The topological polar surface area (TPSA) is 292 Å². The summed E-state index contributed by atoms with van der Waals surface area (Å²) < 4.78 is 5.70. The van der Waals surface area contributed by atoms with Gasteiger partial charge < -0.3 is 68.9 Å². The van der Waals surface area contributed by atoms with Crippen molar-refractivity contribution in [1.29, 1.82) is 0 Å². The number of nitrogens with zero attached hydrogens (tertiary/aromatic N) is 1. The van der Waals surface area contributed by atoms with Gasteiger partial charge in [0.05, 0.1) is 18.8 Å². The van der Waals surface area contributed by atoms with Crippen LogP contribution >= 0.6 is 0 Å². The summed E-state index contributed by atoms with van der Waals surface area (Å²) in [5, 5.41) is 54.6. The normalized spacial score (nSPS) is 32.6. The van der Waals surface area contributed by atoms with Crippen LogP contribution in [-0.2, 0) is 19.1 Å². The molecule has 0 spiro atoms. The first kappa shape index (κ1) is 32.9. The number of aliphatic imine (C=N–C) groups is 1. The zero-order valence-electron chi connectivity index (χ0n) is 22.9. The van der Waals surface area contributed by atoms with Crippen molar-refractivity contribution in [3.8, 4) is 0 Å². The van der Waals surface area contributed by atoms with E-state index in [0.717, 1.165) is 6.42 Å². The number of hydrogen-bond donors (Lipinski definition) is 12. The van der Waals surface area contributed by atoms with Crippen LogP contribution in [0.4, 0.5) is 0 Å². The number of nitrogens with two attached hydrogens (primary N) is 3. The highest BCUT2D eigenvalue weighted by Crippen LogP contribution is 2.22. The molecule has 234 valence electrons. The third-order valence-corrected chi connectivity index (χ3v) is 7.36. The first-order chi connectivity index (χ1) is 19.5. The number of aliphatic hydroxyl groups excluding tert-OH is 4. The maximum atomic E-state index is 12.8. The lowest BCUT2D eigenvalue weighted by atomic mass is 9.95. The number of nitrogens with one attached hydrogen (secondary N) is 5. The molecule has 2 unspecified atom stereocenters. The van der Waals surface area contributed by atoms with E-state index in [9.17, 15) is 34.8 Å². The summed E-state index contributed by atoms with van der Waals surface area (Å²) in [4.78, 5) is 41.2. The Morgan fingerprint density at radius 2 is 1.76 bits per heavy atom. The van der Waals surface area contributed by atoms with Gasteiger partial charge in [-0.05, 0) is 32.2 Å². The zero-order chi connectivity index (χ0) is 30.1. The van der Waals surface area contributed by atoms with Gasteiger partial charge in [0.15, 0.2) is 18.2 Å². The molecular weight excluding hydrogens is 542 g/mol.